The van der Waals surface area contributed by atoms with Crippen LogP contribution in [-0.2, 0) is 0 Å². The van der Waals surface area contributed by atoms with E-state index in [0.717, 1.165) is 0 Å². The minimum Gasteiger partial charge on any atom is -0.325 e. The largest absolute Gasteiger partial charge is 0.325 e. The molecule has 1 heteroatoms. The van der Waals surface area contributed by atoms with E-state index >= 15 is 0 Å². The minimum absolute atomic E-state index is 0.0394. The molecule has 11 heavy (non-hydrogen) atoms. The molecule has 0 atom stereocenters. The highest BCUT2D eigenvalue weighted by Gasteiger charge is 2.30. The van der Waals surface area contributed by atoms with Gasteiger partial charge in [0.1, 0.15) is 0 Å². The second-order valence-corrected chi connectivity index (χ2v) is 4.84. The van der Waals surface area contributed by atoms with Crippen molar-refractivity contribution in [1.82, 2.24) is 0 Å². The second-order valence-electron chi connectivity index (χ2n) is 4.84. The first kappa shape index (κ1) is 11.0. The van der Waals surface area contributed by atoms with Gasteiger partial charge in [-0.3, -0.25) is 0 Å². The first-order valence-corrected chi connectivity index (χ1v) is 4.55. The van der Waals surface area contributed by atoms with Crippen LogP contribution < -0.4 is 5.73 Å². The van der Waals surface area contributed by atoms with Crippen LogP contribution in [0.2, 0.25) is 0 Å². The lowest BCUT2D eigenvalue weighted by Gasteiger charge is -2.36. The molecule has 0 unspecified atom stereocenters. The Bertz CT molecular complexity index is 101. The maximum atomic E-state index is 6.08. The van der Waals surface area contributed by atoms with Crippen LogP contribution >= 0.6 is 0 Å². The Morgan fingerprint density at radius 1 is 0.909 bits per heavy atom. The Kier molecular flexibility index (Phi) is 3.56. The molecular formula is C10H23N. The van der Waals surface area contributed by atoms with Gasteiger partial charge in [-0.05, 0) is 31.6 Å². The molecule has 0 heterocycles. The summed E-state index contributed by atoms with van der Waals surface area (Å²) in [6.45, 7) is 13.2. The van der Waals surface area contributed by atoms with Gasteiger partial charge in [-0.2, -0.15) is 0 Å². The summed E-state index contributed by atoms with van der Waals surface area (Å²) in [6, 6.07) is 0. The highest BCUT2D eigenvalue weighted by Crippen LogP contribution is 2.29. The van der Waals surface area contributed by atoms with Crippen LogP contribution in [0.1, 0.15) is 41.5 Å². The molecule has 0 aliphatic rings. The van der Waals surface area contributed by atoms with Gasteiger partial charge in [-0.15, -0.1) is 0 Å². The van der Waals surface area contributed by atoms with E-state index in [2.05, 4.69) is 41.5 Å². The SMILES string of the molecule is CC(C)C(C(C)C)C(C)(C)N. The summed E-state index contributed by atoms with van der Waals surface area (Å²) in [5, 5.41) is 0. The van der Waals surface area contributed by atoms with Crippen LogP contribution in [0.25, 0.3) is 0 Å². The number of rotatable bonds is 3. The molecule has 0 aliphatic carbocycles. The van der Waals surface area contributed by atoms with Gasteiger partial charge < -0.3 is 5.73 Å². The van der Waals surface area contributed by atoms with Crippen molar-refractivity contribution < 1.29 is 0 Å². The molecule has 0 spiro atoms. The molecule has 0 aromatic carbocycles. The van der Waals surface area contributed by atoms with Gasteiger partial charge in [0.25, 0.3) is 0 Å². The van der Waals surface area contributed by atoms with Crippen molar-refractivity contribution in [1.29, 1.82) is 0 Å². The van der Waals surface area contributed by atoms with Gasteiger partial charge in [0.15, 0.2) is 0 Å². The quantitative estimate of drug-likeness (QED) is 0.669. The number of hydrogen-bond donors (Lipinski definition) is 1. The average Bonchev–Trinajstić information content (AvgIpc) is 1.54. The molecule has 68 valence electrons. The standard InChI is InChI=1S/C10H23N/c1-7(2)9(8(3)4)10(5,6)11/h7-9H,11H2,1-6H3. The third-order valence-corrected chi connectivity index (χ3v) is 2.30. The van der Waals surface area contributed by atoms with Gasteiger partial charge in [0.2, 0.25) is 0 Å². The van der Waals surface area contributed by atoms with Crippen molar-refractivity contribution in [2.45, 2.75) is 47.1 Å². The molecule has 0 amide bonds. The Hall–Kier alpha value is -0.0400. The van der Waals surface area contributed by atoms with Crippen LogP contribution in [0, 0.1) is 17.8 Å². The summed E-state index contributed by atoms with van der Waals surface area (Å²) in [6.07, 6.45) is 0. The van der Waals surface area contributed by atoms with Crippen LogP contribution in [0.5, 0.6) is 0 Å². The molecule has 0 aromatic heterocycles. The van der Waals surface area contributed by atoms with Gasteiger partial charge in [-0.25, -0.2) is 0 Å². The summed E-state index contributed by atoms with van der Waals surface area (Å²) in [5.41, 5.74) is 6.04. The molecule has 0 rings (SSSR count). The van der Waals surface area contributed by atoms with E-state index in [4.69, 9.17) is 5.73 Å². The Morgan fingerprint density at radius 2 is 1.18 bits per heavy atom. The lowest BCUT2D eigenvalue weighted by atomic mass is 9.73. The molecule has 0 aliphatic heterocycles. The first-order valence-electron chi connectivity index (χ1n) is 4.55. The van der Waals surface area contributed by atoms with E-state index in [9.17, 15) is 0 Å². The fraction of sp³-hybridized carbons (Fsp3) is 1.00. The molecule has 0 aromatic rings. The summed E-state index contributed by atoms with van der Waals surface area (Å²) < 4.78 is 0. The van der Waals surface area contributed by atoms with E-state index in [1.54, 1.807) is 0 Å². The topological polar surface area (TPSA) is 26.0 Å². The van der Waals surface area contributed by atoms with Crippen LogP contribution in [0.3, 0.4) is 0 Å². The molecule has 0 saturated carbocycles. The van der Waals surface area contributed by atoms with Crippen LogP contribution in [0.4, 0.5) is 0 Å². The number of hydrogen-bond acceptors (Lipinski definition) is 1. The predicted octanol–water partition coefficient (Wildman–Crippen LogP) is 2.65. The zero-order chi connectivity index (χ0) is 9.23. The number of nitrogens with two attached hydrogens (primary N) is 1. The van der Waals surface area contributed by atoms with E-state index in [-0.39, 0.29) is 5.54 Å². The Balaban J connectivity index is 4.35. The highest BCUT2D eigenvalue weighted by molar-refractivity contribution is 4.85. The van der Waals surface area contributed by atoms with Gasteiger partial charge >= 0.3 is 0 Å². The van der Waals surface area contributed by atoms with Gasteiger partial charge in [-0.1, -0.05) is 27.7 Å². The Labute approximate surface area is 71.4 Å². The Morgan fingerprint density at radius 3 is 1.18 bits per heavy atom. The maximum absolute atomic E-state index is 6.08. The van der Waals surface area contributed by atoms with E-state index < -0.39 is 0 Å². The third kappa shape index (κ3) is 3.24. The fourth-order valence-electron chi connectivity index (χ4n) is 2.49. The van der Waals surface area contributed by atoms with Crippen molar-refractivity contribution in [3.63, 3.8) is 0 Å². The van der Waals surface area contributed by atoms with Crippen molar-refractivity contribution in [2.24, 2.45) is 23.5 Å². The smallest absolute Gasteiger partial charge is 0.0130 e. The highest BCUT2D eigenvalue weighted by atomic mass is 14.7. The maximum Gasteiger partial charge on any atom is 0.0130 e. The van der Waals surface area contributed by atoms with Gasteiger partial charge in [0, 0.05) is 5.54 Å². The fourth-order valence-corrected chi connectivity index (χ4v) is 2.49. The molecule has 0 bridgehead atoms. The van der Waals surface area contributed by atoms with Crippen LogP contribution in [0.15, 0.2) is 0 Å². The van der Waals surface area contributed by atoms with Crippen molar-refractivity contribution in [3.8, 4) is 0 Å². The summed E-state index contributed by atoms with van der Waals surface area (Å²) >= 11 is 0. The zero-order valence-corrected chi connectivity index (χ0v) is 8.81. The molecule has 0 fully saturated rings. The second kappa shape index (κ2) is 3.57. The summed E-state index contributed by atoms with van der Waals surface area (Å²) in [5.74, 6) is 1.97. The third-order valence-electron chi connectivity index (χ3n) is 2.30. The zero-order valence-electron chi connectivity index (χ0n) is 8.81. The monoisotopic (exact) mass is 157 g/mol. The van der Waals surface area contributed by atoms with Crippen molar-refractivity contribution >= 4 is 0 Å². The lowest BCUT2D eigenvalue weighted by Crippen LogP contribution is -2.45. The minimum atomic E-state index is -0.0394. The summed E-state index contributed by atoms with van der Waals surface area (Å²) in [4.78, 5) is 0. The molecular weight excluding hydrogens is 134 g/mol. The predicted molar refractivity (Wildman–Crippen MR) is 51.4 cm³/mol. The van der Waals surface area contributed by atoms with Crippen LogP contribution in [-0.4, -0.2) is 5.54 Å². The summed E-state index contributed by atoms with van der Waals surface area (Å²) in [7, 11) is 0. The van der Waals surface area contributed by atoms with Crippen molar-refractivity contribution in [2.75, 3.05) is 0 Å². The van der Waals surface area contributed by atoms with E-state index in [0.29, 0.717) is 17.8 Å². The molecule has 0 radical (unpaired) electrons. The molecule has 0 saturated heterocycles. The van der Waals surface area contributed by atoms with E-state index in [1.165, 1.54) is 0 Å². The van der Waals surface area contributed by atoms with E-state index in [1.807, 2.05) is 0 Å². The molecule has 2 N–H and O–H groups in total. The van der Waals surface area contributed by atoms with Crippen molar-refractivity contribution in [3.05, 3.63) is 0 Å². The normalized spacial score (nSPS) is 13.6. The lowest BCUT2D eigenvalue weighted by molar-refractivity contribution is 0.179. The van der Waals surface area contributed by atoms with Gasteiger partial charge in [0.05, 0.1) is 0 Å². The average molecular weight is 157 g/mol. The molecule has 1 nitrogen and oxygen atoms in total. The first-order chi connectivity index (χ1) is 4.76.